The molecule has 0 N–H and O–H groups in total. The van der Waals surface area contributed by atoms with Gasteiger partial charge in [0.1, 0.15) is 0 Å². The minimum absolute atomic E-state index is 0.0577. The van der Waals surface area contributed by atoms with Crippen molar-refractivity contribution in [1.29, 1.82) is 0 Å². The first kappa shape index (κ1) is 18.6. The molecule has 0 aliphatic carbocycles. The summed E-state index contributed by atoms with van der Waals surface area (Å²) < 4.78 is 0. The monoisotopic (exact) mass is 380 g/mol. The fraction of sp³-hybridized carbons (Fsp3) is 0.200. The average molecular weight is 382 g/mol. The van der Waals surface area contributed by atoms with Crippen LogP contribution in [0.1, 0.15) is 26.3 Å². The summed E-state index contributed by atoms with van der Waals surface area (Å²) in [7, 11) is 4.26. The zero-order valence-electron chi connectivity index (χ0n) is 13.9. The normalized spacial score (nSPS) is 10.8. The first-order chi connectivity index (χ1) is 11.5. The number of benzene rings is 1. The zero-order valence-corrected chi connectivity index (χ0v) is 15.6. The minimum atomic E-state index is 0.0577. The molecule has 0 aliphatic rings. The maximum absolute atomic E-state index is 4.46. The van der Waals surface area contributed by atoms with Crippen LogP contribution in [0.3, 0.4) is 0 Å². The summed E-state index contributed by atoms with van der Waals surface area (Å²) in [6, 6.07) is 19.7. The topological polar surface area (TPSA) is 25.8 Å². The van der Waals surface area contributed by atoms with Gasteiger partial charge in [0, 0.05) is 23.8 Å². The van der Waals surface area contributed by atoms with Crippen molar-refractivity contribution in [3.8, 4) is 22.5 Å². The number of halogens is 1. The van der Waals surface area contributed by atoms with E-state index >= 15 is 0 Å². The van der Waals surface area contributed by atoms with Gasteiger partial charge in [-0.2, -0.15) is 0 Å². The first-order valence-electron chi connectivity index (χ1n) is 7.57. The van der Waals surface area contributed by atoms with E-state index in [2.05, 4.69) is 73.7 Å². The molecule has 0 spiro atoms. The van der Waals surface area contributed by atoms with Crippen LogP contribution in [0.25, 0.3) is 22.5 Å². The van der Waals surface area contributed by atoms with Crippen molar-refractivity contribution in [2.75, 3.05) is 0 Å². The van der Waals surface area contributed by atoms with Crippen molar-refractivity contribution < 1.29 is 14.6 Å². The van der Waals surface area contributed by atoms with E-state index in [4.69, 9.17) is 0 Å². The molecule has 3 aromatic rings. The number of hydrogen-bond acceptors (Lipinski definition) is 2. The molecule has 0 unspecified atom stereocenters. The molecule has 0 atom stereocenters. The van der Waals surface area contributed by atoms with Gasteiger partial charge in [-0.15, -0.1) is 23.8 Å². The van der Waals surface area contributed by atoms with E-state index in [1.165, 1.54) is 5.56 Å². The van der Waals surface area contributed by atoms with Crippen LogP contribution >= 0.6 is 10.2 Å². The Balaban J connectivity index is 0.00000100. The first-order valence-corrected chi connectivity index (χ1v) is 8.92. The van der Waals surface area contributed by atoms with E-state index in [1.54, 1.807) is 0 Å². The van der Waals surface area contributed by atoms with Crippen molar-refractivity contribution in [3.05, 3.63) is 72.6 Å². The Morgan fingerprint density at radius 2 is 1.29 bits per heavy atom. The second-order valence-electron chi connectivity index (χ2n) is 6.38. The Morgan fingerprint density at radius 1 is 0.833 bits per heavy atom. The van der Waals surface area contributed by atoms with Crippen molar-refractivity contribution in [2.45, 2.75) is 26.2 Å². The number of hydrogen-bond donors (Lipinski definition) is 0. The van der Waals surface area contributed by atoms with Crippen LogP contribution in [0.5, 0.6) is 0 Å². The SMILES string of the molecule is CC(C)(C)c1cc(-c2ccccn2)[c-]c(-c2ccccn2)c1.[Cl][Ni]. The molecule has 3 rings (SSSR count). The predicted molar refractivity (Wildman–Crippen MR) is 96.3 cm³/mol. The van der Waals surface area contributed by atoms with Crippen LogP contribution < -0.4 is 0 Å². The van der Waals surface area contributed by atoms with Crippen LogP contribution in [0.15, 0.2) is 60.9 Å². The van der Waals surface area contributed by atoms with E-state index in [0.717, 1.165) is 22.5 Å². The summed E-state index contributed by atoms with van der Waals surface area (Å²) in [5.41, 5.74) is 5.20. The molecule has 2 heterocycles. The molecule has 127 valence electrons. The molecule has 2 aromatic heterocycles. The maximum atomic E-state index is 4.46. The number of nitrogens with zero attached hydrogens (tertiary/aromatic N) is 2. The van der Waals surface area contributed by atoms with E-state index < -0.39 is 0 Å². The third kappa shape index (κ3) is 4.66. The fourth-order valence-corrected chi connectivity index (χ4v) is 2.32. The molecule has 4 heteroatoms. The third-order valence-electron chi connectivity index (χ3n) is 3.62. The second kappa shape index (κ2) is 8.42. The molecule has 0 aliphatic heterocycles. The number of pyridine rings is 2. The van der Waals surface area contributed by atoms with Crippen molar-refractivity contribution in [2.24, 2.45) is 0 Å². The molecule has 0 bridgehead atoms. The quantitative estimate of drug-likeness (QED) is 0.427. The number of rotatable bonds is 2. The Labute approximate surface area is 156 Å². The molecular formula is C20H19ClN2Ni-. The molecule has 0 radical (unpaired) electrons. The third-order valence-corrected chi connectivity index (χ3v) is 3.62. The van der Waals surface area contributed by atoms with Gasteiger partial charge < -0.3 is 0 Å². The average Bonchev–Trinajstić information content (AvgIpc) is 2.64. The molecule has 24 heavy (non-hydrogen) atoms. The van der Waals surface area contributed by atoms with E-state index in [1.807, 2.05) is 48.8 Å². The van der Waals surface area contributed by atoms with Gasteiger partial charge in [0.05, 0.1) is 0 Å². The van der Waals surface area contributed by atoms with Crippen molar-refractivity contribution in [3.63, 3.8) is 0 Å². The van der Waals surface area contributed by atoms with Crippen LogP contribution in [-0.4, -0.2) is 9.97 Å². The van der Waals surface area contributed by atoms with Gasteiger partial charge in [0.15, 0.2) is 0 Å². The van der Waals surface area contributed by atoms with Crippen molar-refractivity contribution >= 4 is 10.2 Å². The molecular weight excluding hydrogens is 362 g/mol. The van der Waals surface area contributed by atoms with Crippen LogP contribution in [0.4, 0.5) is 0 Å². The standard InChI is InChI=1S/C20H19N2.ClH.Ni/c1-20(2,3)17-13-15(18-8-4-6-10-21-18)12-16(14-17)19-9-5-7-11-22-19;;/h4-11,13-14H,1-3H3;1H;/q-1;;+1/p-1. The predicted octanol–water partition coefficient (Wildman–Crippen LogP) is 5.60. The Hall–Kier alpha value is -1.70. The number of aromatic nitrogens is 2. The van der Waals surface area contributed by atoms with Crippen LogP contribution in [-0.2, 0) is 20.0 Å². The van der Waals surface area contributed by atoms with E-state index in [0.29, 0.717) is 0 Å². The summed E-state index contributed by atoms with van der Waals surface area (Å²) in [6.45, 7) is 6.65. The van der Waals surface area contributed by atoms with Gasteiger partial charge in [-0.1, -0.05) is 56.2 Å². The molecule has 0 amide bonds. The second-order valence-corrected chi connectivity index (χ2v) is 6.38. The zero-order chi connectivity index (χ0) is 17.6. The fourth-order valence-electron chi connectivity index (χ4n) is 2.32. The van der Waals surface area contributed by atoms with Gasteiger partial charge >= 0.3 is 24.8 Å². The summed E-state index contributed by atoms with van der Waals surface area (Å²) in [4.78, 5) is 8.91. The van der Waals surface area contributed by atoms with Gasteiger partial charge in [-0.25, -0.2) is 0 Å². The summed E-state index contributed by atoms with van der Waals surface area (Å²) in [6.07, 6.45) is 3.63. The summed E-state index contributed by atoms with van der Waals surface area (Å²) in [5.74, 6) is 0. The van der Waals surface area contributed by atoms with Gasteiger partial charge in [0.25, 0.3) is 0 Å². The Bertz CT molecular complexity index is 711. The van der Waals surface area contributed by atoms with E-state index in [-0.39, 0.29) is 5.41 Å². The summed E-state index contributed by atoms with van der Waals surface area (Å²) >= 11 is 3.35. The Kier molecular flexibility index (Phi) is 6.54. The molecule has 0 fully saturated rings. The van der Waals surface area contributed by atoms with Crippen LogP contribution in [0.2, 0.25) is 0 Å². The molecule has 0 saturated heterocycles. The Morgan fingerprint density at radius 3 is 1.62 bits per heavy atom. The summed E-state index contributed by atoms with van der Waals surface area (Å²) in [5, 5.41) is 0. The molecule has 2 nitrogen and oxygen atoms in total. The van der Waals surface area contributed by atoms with Crippen LogP contribution in [0, 0.1) is 6.07 Å². The molecule has 1 aromatic carbocycles. The van der Waals surface area contributed by atoms with E-state index in [9.17, 15) is 0 Å². The van der Waals surface area contributed by atoms with Gasteiger partial charge in [-0.3, -0.25) is 9.97 Å². The van der Waals surface area contributed by atoms with Gasteiger partial charge in [0.2, 0.25) is 0 Å². The van der Waals surface area contributed by atoms with Gasteiger partial charge in [-0.05, 0) is 17.5 Å². The molecule has 0 saturated carbocycles. The van der Waals surface area contributed by atoms with Crippen molar-refractivity contribution in [1.82, 2.24) is 9.97 Å².